The number of amides is 1. The highest BCUT2D eigenvalue weighted by molar-refractivity contribution is 7.86. The van der Waals surface area contributed by atoms with Crippen molar-refractivity contribution in [3.8, 4) is 0 Å². The summed E-state index contributed by atoms with van der Waals surface area (Å²) in [6.07, 6.45) is 0.587. The van der Waals surface area contributed by atoms with Gasteiger partial charge < -0.3 is 31.5 Å². The number of carbonyl (C=O) groups excluding carboxylic acids is 1. The SMILES string of the molecule is CC(C)N(C1CN(C(=O)[C@H](C)N)C1)S(=O)(=O)N1C[C@H](CCCB(O)O)[C@](N)(C(=O)O)C1. The van der Waals surface area contributed by atoms with Gasteiger partial charge in [0, 0.05) is 38.1 Å². The third-order valence-electron chi connectivity index (χ3n) is 6.03. The topological polar surface area (TPSA) is 191 Å². The van der Waals surface area contributed by atoms with Crippen molar-refractivity contribution in [3.05, 3.63) is 0 Å². The molecule has 0 aromatic heterocycles. The van der Waals surface area contributed by atoms with Crippen LogP contribution in [-0.2, 0) is 19.8 Å². The highest BCUT2D eigenvalue weighted by Crippen LogP contribution is 2.34. The average Bonchev–Trinajstić information content (AvgIpc) is 2.95. The number of carbonyl (C=O) groups is 2. The van der Waals surface area contributed by atoms with E-state index in [-0.39, 0.29) is 44.8 Å². The van der Waals surface area contributed by atoms with Gasteiger partial charge >= 0.3 is 13.1 Å². The summed E-state index contributed by atoms with van der Waals surface area (Å²) in [5.41, 5.74) is 9.97. The van der Waals surface area contributed by atoms with Gasteiger partial charge in [-0.25, -0.2) is 0 Å². The third-order valence-corrected chi connectivity index (χ3v) is 8.21. The molecule has 3 atom stereocenters. The molecule has 2 aliphatic heterocycles. The van der Waals surface area contributed by atoms with Crippen LogP contribution in [0, 0.1) is 5.92 Å². The van der Waals surface area contributed by atoms with Gasteiger partial charge in [0.1, 0.15) is 5.54 Å². The normalized spacial score (nSPS) is 26.4. The van der Waals surface area contributed by atoms with Crippen LogP contribution < -0.4 is 11.5 Å². The van der Waals surface area contributed by atoms with E-state index in [0.29, 0.717) is 6.42 Å². The molecule has 2 fully saturated rings. The van der Waals surface area contributed by atoms with Crippen LogP contribution in [0.25, 0.3) is 0 Å². The van der Waals surface area contributed by atoms with E-state index >= 15 is 0 Å². The fourth-order valence-corrected chi connectivity index (χ4v) is 6.36. The van der Waals surface area contributed by atoms with Gasteiger partial charge in [0.05, 0.1) is 12.1 Å². The van der Waals surface area contributed by atoms with Crippen LogP contribution >= 0.6 is 0 Å². The number of nitrogens with two attached hydrogens (primary N) is 2. The van der Waals surface area contributed by atoms with E-state index in [1.807, 2.05) is 0 Å². The average molecular weight is 463 g/mol. The molecule has 0 aromatic rings. The summed E-state index contributed by atoms with van der Waals surface area (Å²) in [5.74, 6) is -2.23. The minimum absolute atomic E-state index is 0.0442. The number of carboxylic acid groups (broad SMARTS) is 1. The van der Waals surface area contributed by atoms with Crippen molar-refractivity contribution >= 4 is 29.2 Å². The van der Waals surface area contributed by atoms with Gasteiger partial charge in [0.25, 0.3) is 10.2 Å². The number of hydrogen-bond acceptors (Lipinski definition) is 8. The summed E-state index contributed by atoms with van der Waals surface area (Å²) < 4.78 is 29.3. The lowest BCUT2D eigenvalue weighted by molar-refractivity contribution is -0.144. The smallest absolute Gasteiger partial charge is 0.451 e. The first-order valence-electron chi connectivity index (χ1n) is 10.4. The Bertz CT molecular complexity index is 775. The molecule has 12 nitrogen and oxygen atoms in total. The summed E-state index contributed by atoms with van der Waals surface area (Å²) >= 11 is 0. The van der Waals surface area contributed by atoms with E-state index in [1.165, 1.54) is 9.21 Å². The molecule has 7 N–H and O–H groups in total. The molecule has 1 amide bonds. The maximum absolute atomic E-state index is 13.5. The number of aliphatic carboxylic acids is 1. The van der Waals surface area contributed by atoms with Crippen molar-refractivity contribution in [3.63, 3.8) is 0 Å². The molecule has 0 unspecified atom stereocenters. The summed E-state index contributed by atoms with van der Waals surface area (Å²) in [7, 11) is -5.57. The first kappa shape index (κ1) is 26.0. The first-order chi connectivity index (χ1) is 14.2. The second-order valence-electron chi connectivity index (χ2n) is 8.86. The van der Waals surface area contributed by atoms with Crippen molar-refractivity contribution in [1.82, 2.24) is 13.5 Å². The van der Waals surface area contributed by atoms with Crippen molar-refractivity contribution in [2.45, 2.75) is 63.6 Å². The molecule has 0 aromatic carbocycles. The maximum Gasteiger partial charge on any atom is 0.451 e. The predicted molar refractivity (Wildman–Crippen MR) is 114 cm³/mol. The van der Waals surface area contributed by atoms with Crippen LogP contribution in [0.5, 0.6) is 0 Å². The highest BCUT2D eigenvalue weighted by atomic mass is 32.2. The van der Waals surface area contributed by atoms with E-state index in [1.54, 1.807) is 20.8 Å². The second kappa shape index (κ2) is 9.69. The van der Waals surface area contributed by atoms with Crippen LogP contribution in [0.15, 0.2) is 0 Å². The number of rotatable bonds is 10. The van der Waals surface area contributed by atoms with E-state index in [2.05, 4.69) is 0 Å². The molecule has 0 bridgehead atoms. The zero-order valence-corrected chi connectivity index (χ0v) is 19.0. The fraction of sp³-hybridized carbons (Fsp3) is 0.882. The Balaban J connectivity index is 2.18. The number of likely N-dealkylation sites (tertiary alicyclic amines) is 1. The molecule has 31 heavy (non-hydrogen) atoms. The maximum atomic E-state index is 13.5. The second-order valence-corrected chi connectivity index (χ2v) is 10.7. The summed E-state index contributed by atoms with van der Waals surface area (Å²) in [6, 6.07) is -1.52. The van der Waals surface area contributed by atoms with E-state index < -0.39 is 52.9 Å². The quantitative estimate of drug-likeness (QED) is 0.217. The van der Waals surface area contributed by atoms with Crippen LogP contribution in [-0.4, -0.2) is 106 Å². The number of hydrogen-bond donors (Lipinski definition) is 5. The van der Waals surface area contributed by atoms with Crippen LogP contribution in [0.1, 0.15) is 33.6 Å². The Labute approximate surface area is 183 Å². The molecule has 178 valence electrons. The Morgan fingerprint density at radius 3 is 2.26 bits per heavy atom. The van der Waals surface area contributed by atoms with E-state index in [4.69, 9.17) is 21.5 Å². The van der Waals surface area contributed by atoms with Gasteiger partial charge in [0.2, 0.25) is 5.91 Å². The zero-order chi connectivity index (χ0) is 23.7. The molecular formula is C17H34BN5O7S. The largest absolute Gasteiger partial charge is 0.480 e. The van der Waals surface area contributed by atoms with Crippen molar-refractivity contribution in [2.24, 2.45) is 17.4 Å². The Morgan fingerprint density at radius 2 is 1.81 bits per heavy atom. The van der Waals surface area contributed by atoms with E-state index in [0.717, 1.165) is 4.31 Å². The molecule has 14 heteroatoms. The van der Waals surface area contributed by atoms with Gasteiger partial charge in [-0.05, 0) is 33.5 Å². The third kappa shape index (κ3) is 5.38. The zero-order valence-electron chi connectivity index (χ0n) is 18.2. The highest BCUT2D eigenvalue weighted by Gasteiger charge is 2.55. The molecule has 2 heterocycles. The van der Waals surface area contributed by atoms with E-state index in [9.17, 15) is 23.1 Å². The lowest BCUT2D eigenvalue weighted by Crippen LogP contribution is -2.67. The van der Waals surface area contributed by atoms with Crippen LogP contribution in [0.2, 0.25) is 6.32 Å². The number of nitrogens with zero attached hydrogens (tertiary/aromatic N) is 3. The molecule has 2 saturated heterocycles. The molecule has 0 spiro atoms. The molecule has 2 rings (SSSR count). The monoisotopic (exact) mass is 463 g/mol. The molecule has 0 radical (unpaired) electrons. The van der Waals surface area contributed by atoms with Gasteiger partial charge in [-0.15, -0.1) is 0 Å². The molecule has 0 aliphatic carbocycles. The van der Waals surface area contributed by atoms with Crippen LogP contribution in [0.4, 0.5) is 0 Å². The predicted octanol–water partition coefficient (Wildman–Crippen LogP) is -2.53. The van der Waals surface area contributed by atoms with Crippen molar-refractivity contribution in [1.29, 1.82) is 0 Å². The Hall–Kier alpha value is -1.29. The van der Waals surface area contributed by atoms with Gasteiger partial charge in [-0.2, -0.15) is 17.0 Å². The van der Waals surface area contributed by atoms with Gasteiger partial charge in [-0.1, -0.05) is 6.42 Å². The minimum atomic E-state index is -4.05. The lowest BCUT2D eigenvalue weighted by atomic mass is 9.78. The van der Waals surface area contributed by atoms with Crippen molar-refractivity contribution in [2.75, 3.05) is 26.2 Å². The summed E-state index contributed by atoms with van der Waals surface area (Å²) in [6.45, 7) is 4.99. The minimum Gasteiger partial charge on any atom is -0.480 e. The van der Waals surface area contributed by atoms with Crippen molar-refractivity contribution < 1.29 is 33.2 Å². The van der Waals surface area contributed by atoms with Gasteiger partial charge in [-0.3, -0.25) is 9.59 Å². The molecule has 0 saturated carbocycles. The molecule has 2 aliphatic rings. The number of carboxylic acids is 1. The Kier molecular flexibility index (Phi) is 8.12. The van der Waals surface area contributed by atoms with Gasteiger partial charge in [0.15, 0.2) is 0 Å². The summed E-state index contributed by atoms with van der Waals surface area (Å²) in [4.78, 5) is 25.4. The standard InChI is InChI=1S/C17H34BN5O7S/c1-11(2)23(14-8-21(9-14)15(24)12(3)19)31(29,30)22-7-13(5-4-6-18(27)28)17(20,10-22)16(25)26/h11-14,27-28H,4-10,19-20H2,1-3H3,(H,25,26)/t12-,13-,17-/m0/s1. The summed E-state index contributed by atoms with van der Waals surface area (Å²) in [5, 5.41) is 27.7. The lowest BCUT2D eigenvalue weighted by Gasteiger charge is -2.47. The fourth-order valence-electron chi connectivity index (χ4n) is 4.30. The Morgan fingerprint density at radius 1 is 1.23 bits per heavy atom. The molecular weight excluding hydrogens is 429 g/mol. The first-order valence-corrected chi connectivity index (χ1v) is 11.8. The van der Waals surface area contributed by atoms with Crippen LogP contribution in [0.3, 0.4) is 0 Å².